The number of furan rings is 1. The van der Waals surface area contributed by atoms with Crippen molar-refractivity contribution >= 4 is 63.8 Å². The van der Waals surface area contributed by atoms with Gasteiger partial charge in [-0.15, -0.1) is 0 Å². The Kier molecular flexibility index (Phi) is 7.22. The summed E-state index contributed by atoms with van der Waals surface area (Å²) in [6, 6.07) is 3.54. The number of carbonyl (C=O) groups is 1. The Morgan fingerprint density at radius 2 is 1.93 bits per heavy atom. The van der Waals surface area contributed by atoms with Crippen molar-refractivity contribution in [1.82, 2.24) is 15.3 Å². The van der Waals surface area contributed by atoms with Gasteiger partial charge in [-0.25, -0.2) is 19.2 Å². The first-order chi connectivity index (χ1) is 12.3. The number of urea groups is 1. The van der Waals surface area contributed by atoms with E-state index in [2.05, 4.69) is 20.6 Å². The number of carbonyl (C=O) groups excluding carboxylic acids is 1. The third-order valence-corrected chi connectivity index (χ3v) is 4.24. The van der Waals surface area contributed by atoms with Crippen LogP contribution < -0.4 is 10.6 Å². The molecule has 0 unspecified atom stereocenters. The molecular formula is C18H18ClFN4NaO2. The minimum Gasteiger partial charge on any atom is -0.459 e. The van der Waals surface area contributed by atoms with E-state index in [0.29, 0.717) is 22.4 Å². The fraction of sp³-hybridized carbons (Fsp3) is 0.278. The average molecular weight is 400 g/mol. The van der Waals surface area contributed by atoms with Crippen molar-refractivity contribution in [3.8, 4) is 0 Å². The average Bonchev–Trinajstić information content (AvgIpc) is 2.91. The maximum atomic E-state index is 13.5. The number of amides is 2. The Bertz CT molecular complexity index is 946. The largest absolute Gasteiger partial charge is 0.459 e. The standard InChI is InChI=1S/C18H18ClFN4O2.Na/c1-9(2)15(24-18(25)23-12-7-21-17(19)22-8-12)16-10(3)13-6-11(20)4-5-14(13)26-16;/h4-9,15H,1-3H3,(H2,23,24,25);/t15-;/m0./s1. The molecule has 137 valence electrons. The minimum absolute atomic E-state index is 0. The summed E-state index contributed by atoms with van der Waals surface area (Å²) in [7, 11) is 0. The van der Waals surface area contributed by atoms with Crippen LogP contribution in [0.15, 0.2) is 35.0 Å². The molecule has 3 aromatic rings. The Morgan fingerprint density at radius 3 is 2.56 bits per heavy atom. The van der Waals surface area contributed by atoms with Crippen molar-refractivity contribution in [2.75, 3.05) is 5.32 Å². The van der Waals surface area contributed by atoms with Crippen molar-refractivity contribution in [2.45, 2.75) is 26.8 Å². The smallest absolute Gasteiger partial charge is 0.319 e. The van der Waals surface area contributed by atoms with Crippen molar-refractivity contribution in [3.63, 3.8) is 0 Å². The van der Waals surface area contributed by atoms with Crippen molar-refractivity contribution in [3.05, 3.63) is 53.0 Å². The number of aromatic nitrogens is 2. The van der Waals surface area contributed by atoms with Gasteiger partial charge in [0.15, 0.2) is 0 Å². The molecule has 1 atom stereocenters. The molecule has 2 aromatic heterocycles. The third kappa shape index (κ3) is 4.99. The molecule has 27 heavy (non-hydrogen) atoms. The summed E-state index contributed by atoms with van der Waals surface area (Å²) < 4.78 is 19.4. The van der Waals surface area contributed by atoms with Crippen LogP contribution in [-0.2, 0) is 0 Å². The molecule has 2 heterocycles. The van der Waals surface area contributed by atoms with E-state index in [1.165, 1.54) is 24.5 Å². The number of aryl methyl sites for hydroxylation is 1. The molecule has 0 saturated heterocycles. The van der Waals surface area contributed by atoms with Crippen molar-refractivity contribution < 1.29 is 13.6 Å². The first-order valence-corrected chi connectivity index (χ1v) is 8.46. The Hall–Kier alpha value is -1.67. The molecule has 3 rings (SSSR count). The third-order valence-electron chi connectivity index (χ3n) is 4.05. The summed E-state index contributed by atoms with van der Waals surface area (Å²) in [6.45, 7) is 5.77. The van der Waals surface area contributed by atoms with Gasteiger partial charge in [-0.3, -0.25) is 0 Å². The molecular weight excluding hydrogens is 382 g/mol. The Morgan fingerprint density at radius 1 is 1.26 bits per heavy atom. The Labute approximate surface area is 183 Å². The van der Waals surface area contributed by atoms with Crippen molar-refractivity contribution in [2.24, 2.45) is 5.92 Å². The Balaban J connectivity index is 0.00000261. The fourth-order valence-electron chi connectivity index (χ4n) is 2.73. The molecule has 0 spiro atoms. The summed E-state index contributed by atoms with van der Waals surface area (Å²) in [5.74, 6) is 0.317. The van der Waals surface area contributed by atoms with E-state index in [-0.39, 0.29) is 46.6 Å². The van der Waals surface area contributed by atoms with Gasteiger partial charge in [-0.05, 0) is 42.6 Å². The molecule has 2 N–H and O–H groups in total. The number of anilines is 1. The van der Waals surface area contributed by atoms with Crippen LogP contribution in [0.25, 0.3) is 11.0 Å². The van der Waals surface area contributed by atoms with E-state index in [4.69, 9.17) is 16.0 Å². The second-order valence-electron chi connectivity index (χ2n) is 6.29. The summed E-state index contributed by atoms with van der Waals surface area (Å²) in [6.07, 6.45) is 2.82. The maximum absolute atomic E-state index is 13.5. The van der Waals surface area contributed by atoms with E-state index >= 15 is 0 Å². The minimum atomic E-state index is -0.430. The maximum Gasteiger partial charge on any atom is 0.319 e. The van der Waals surface area contributed by atoms with Gasteiger partial charge in [0.05, 0.1) is 24.1 Å². The van der Waals surface area contributed by atoms with Gasteiger partial charge in [-0.2, -0.15) is 0 Å². The summed E-state index contributed by atoms with van der Waals surface area (Å²) in [5.41, 5.74) is 1.80. The predicted molar refractivity (Wildman–Crippen MR) is 103 cm³/mol. The van der Waals surface area contributed by atoms with Crippen LogP contribution in [0, 0.1) is 18.7 Å². The van der Waals surface area contributed by atoms with Crippen LogP contribution in [0.3, 0.4) is 0 Å². The van der Waals surface area contributed by atoms with Gasteiger partial charge < -0.3 is 15.1 Å². The number of fused-ring (bicyclic) bond motifs is 1. The number of hydrogen-bond donors (Lipinski definition) is 2. The van der Waals surface area contributed by atoms with Crippen LogP contribution in [0.2, 0.25) is 5.28 Å². The van der Waals surface area contributed by atoms with Gasteiger partial charge in [0.25, 0.3) is 0 Å². The van der Waals surface area contributed by atoms with E-state index in [9.17, 15) is 9.18 Å². The SMILES string of the molecule is Cc1c([C@@H](NC(=O)Nc2cnc(Cl)nc2)C(C)C)oc2ccc(F)cc12.[Na]. The number of hydrogen-bond acceptors (Lipinski definition) is 4. The number of halogens is 2. The van der Waals surface area contributed by atoms with Crippen LogP contribution in [0.4, 0.5) is 14.9 Å². The molecule has 0 aliphatic rings. The van der Waals surface area contributed by atoms with Crippen LogP contribution in [0.5, 0.6) is 0 Å². The zero-order chi connectivity index (χ0) is 18.8. The summed E-state index contributed by atoms with van der Waals surface area (Å²) in [4.78, 5) is 20.0. The predicted octanol–water partition coefficient (Wildman–Crippen LogP) is 4.46. The molecule has 0 bridgehead atoms. The normalized spacial score (nSPS) is 11.9. The molecule has 9 heteroatoms. The zero-order valence-corrected chi connectivity index (χ0v) is 18.3. The molecule has 0 aliphatic heterocycles. The quantitative estimate of drug-likeness (QED) is 0.501. The fourth-order valence-corrected chi connectivity index (χ4v) is 2.83. The van der Waals surface area contributed by atoms with E-state index in [1.807, 2.05) is 20.8 Å². The molecule has 1 radical (unpaired) electrons. The zero-order valence-electron chi connectivity index (χ0n) is 15.5. The summed E-state index contributed by atoms with van der Waals surface area (Å²) in [5, 5.41) is 6.33. The number of benzene rings is 1. The van der Waals surface area contributed by atoms with Gasteiger partial charge >= 0.3 is 6.03 Å². The topological polar surface area (TPSA) is 80.0 Å². The number of nitrogens with one attached hydrogen (secondary N) is 2. The number of nitrogens with zero attached hydrogens (tertiary/aromatic N) is 2. The molecule has 2 amide bonds. The van der Waals surface area contributed by atoms with Gasteiger partial charge in [-0.1, -0.05) is 13.8 Å². The monoisotopic (exact) mass is 399 g/mol. The van der Waals surface area contributed by atoms with Crippen LogP contribution in [-0.4, -0.2) is 45.6 Å². The second-order valence-corrected chi connectivity index (χ2v) is 6.63. The molecule has 0 saturated carbocycles. The van der Waals surface area contributed by atoms with Crippen molar-refractivity contribution in [1.29, 1.82) is 0 Å². The first-order valence-electron chi connectivity index (χ1n) is 8.08. The first kappa shape index (κ1) is 21.6. The molecule has 6 nitrogen and oxygen atoms in total. The van der Waals surface area contributed by atoms with E-state index < -0.39 is 12.1 Å². The molecule has 1 aromatic carbocycles. The van der Waals surface area contributed by atoms with Gasteiger partial charge in [0, 0.05) is 40.5 Å². The van der Waals surface area contributed by atoms with Gasteiger partial charge in [0.2, 0.25) is 5.28 Å². The van der Waals surface area contributed by atoms with E-state index in [1.54, 1.807) is 6.07 Å². The summed E-state index contributed by atoms with van der Waals surface area (Å²) >= 11 is 5.63. The van der Waals surface area contributed by atoms with E-state index in [0.717, 1.165) is 5.56 Å². The molecule has 0 fully saturated rings. The second kappa shape index (κ2) is 9.01. The van der Waals surface area contributed by atoms with Crippen LogP contribution in [0.1, 0.15) is 31.2 Å². The number of rotatable bonds is 4. The van der Waals surface area contributed by atoms with Gasteiger partial charge in [0.1, 0.15) is 17.2 Å². The molecule has 0 aliphatic carbocycles. The van der Waals surface area contributed by atoms with Crippen LogP contribution >= 0.6 is 11.6 Å².